The quantitative estimate of drug-likeness (QED) is 0.0868. The largest absolute Gasteiger partial charge is 0.399 e. The predicted octanol–water partition coefficient (Wildman–Crippen LogP) is 14.0. The van der Waals surface area contributed by atoms with Gasteiger partial charge in [-0.05, 0) is 121 Å². The fourth-order valence-electron chi connectivity index (χ4n) is 7.52. The van der Waals surface area contributed by atoms with Crippen LogP contribution in [0.25, 0.3) is 21.8 Å². The number of ketones is 1. The van der Waals surface area contributed by atoms with E-state index in [0.717, 1.165) is 16.8 Å². The minimum Gasteiger partial charge on any atom is -0.399 e. The summed E-state index contributed by atoms with van der Waals surface area (Å²) in [6.45, 7) is 0. The van der Waals surface area contributed by atoms with E-state index in [2.05, 4.69) is 46.6 Å². The smallest absolute Gasteiger partial charge is 0.212 e. The van der Waals surface area contributed by atoms with Gasteiger partial charge in [-0.1, -0.05) is 64.6 Å². The van der Waals surface area contributed by atoms with Crippen LogP contribution in [0, 0.1) is 34.3 Å². The Morgan fingerprint density at radius 2 is 1.22 bits per heavy atom. The molecule has 4 aromatic carbocycles. The third-order valence-electron chi connectivity index (χ3n) is 10.9. The highest BCUT2D eigenvalue weighted by Gasteiger charge is 2.20. The molecule has 6 heterocycles. The van der Waals surface area contributed by atoms with Crippen molar-refractivity contribution >= 4 is 102 Å². The van der Waals surface area contributed by atoms with Crippen molar-refractivity contribution in [3.63, 3.8) is 0 Å². The molecule has 73 heavy (non-hydrogen) atoms. The number of aromatic nitrogens is 6. The van der Waals surface area contributed by atoms with Gasteiger partial charge in [0.25, 0.3) is 0 Å². The molecule has 4 N–H and O–H groups in total. The van der Waals surface area contributed by atoms with Crippen LogP contribution >= 0.6 is 46.4 Å². The van der Waals surface area contributed by atoms with Crippen LogP contribution in [0.4, 0.5) is 37.2 Å². The first-order chi connectivity index (χ1) is 35.4. The highest BCUT2D eigenvalue weighted by Crippen LogP contribution is 2.37. The number of nitrogens with one attached hydrogen (secondary N) is 2. The number of pyridine rings is 6. The molecule has 0 saturated carbocycles. The summed E-state index contributed by atoms with van der Waals surface area (Å²) in [7, 11) is 0. The molecule has 18 heteroatoms. The topological polar surface area (TPSA) is 192 Å². The van der Waals surface area contributed by atoms with Crippen molar-refractivity contribution in [2.75, 3.05) is 16.4 Å². The van der Waals surface area contributed by atoms with Crippen LogP contribution < -0.4 is 16.4 Å². The molecule has 0 radical (unpaired) electrons. The number of hydrogen-bond donors (Lipinski definition) is 3. The maximum Gasteiger partial charge on any atom is 0.212 e. The number of nitrogens with zero attached hydrogens (tertiary/aromatic N) is 8. The van der Waals surface area contributed by atoms with Crippen molar-refractivity contribution < 1.29 is 13.6 Å². The summed E-state index contributed by atoms with van der Waals surface area (Å²) < 4.78 is 27.3. The number of carbonyl (C=O) groups excluding carboxylic acids is 1. The van der Waals surface area contributed by atoms with Crippen molar-refractivity contribution in [1.82, 2.24) is 29.9 Å². The molecule has 358 valence electrons. The number of carbonyl (C=O) groups is 1. The molecule has 0 saturated heterocycles. The molecule has 0 amide bonds. The molecule has 0 bridgehead atoms. The molecule has 1 unspecified atom stereocenters. The molecule has 0 aliphatic heterocycles. The predicted molar refractivity (Wildman–Crippen MR) is 283 cm³/mol. The summed E-state index contributed by atoms with van der Waals surface area (Å²) in [6, 6.07) is 38.3. The molecular formula is C55H35Cl4F2N11O. The maximum absolute atomic E-state index is 13.7. The number of nitrogens with two attached hydrogens (primary N) is 1. The van der Waals surface area contributed by atoms with E-state index in [1.54, 1.807) is 79.4 Å². The summed E-state index contributed by atoms with van der Waals surface area (Å²) >= 11 is 24.5. The Kier molecular flexibility index (Phi) is 16.4. The van der Waals surface area contributed by atoms with E-state index in [1.807, 2.05) is 54.7 Å². The number of fused-ring (bicyclic) bond motifs is 2. The van der Waals surface area contributed by atoms with Gasteiger partial charge in [0.15, 0.2) is 0 Å². The van der Waals surface area contributed by atoms with Crippen LogP contribution in [-0.4, -0.2) is 35.7 Å². The van der Waals surface area contributed by atoms with Gasteiger partial charge < -0.3 is 16.4 Å². The first kappa shape index (κ1) is 50.7. The Labute approximate surface area is 436 Å². The van der Waals surface area contributed by atoms with Gasteiger partial charge >= 0.3 is 0 Å². The normalized spacial score (nSPS) is 11.0. The van der Waals surface area contributed by atoms with E-state index in [1.165, 1.54) is 42.9 Å². The molecule has 10 rings (SSSR count). The van der Waals surface area contributed by atoms with Crippen molar-refractivity contribution in [2.24, 2.45) is 0 Å². The monoisotopic (exact) mass is 1040 g/mol. The molecule has 10 aromatic rings. The van der Waals surface area contributed by atoms with E-state index in [9.17, 15) is 24.1 Å². The van der Waals surface area contributed by atoms with Gasteiger partial charge in [-0.3, -0.25) is 34.7 Å². The molecule has 12 nitrogen and oxygen atoms in total. The standard InChI is InChI=1S/C28H18Cl2FN5.C16H9Cl2FN4.C11H8N2O/c29-23-13-20(6-7-25(23)31)36-27-19(14-32)16-35-28-22(27)11-17(12-24(28)30)10-21(18-4-3-8-33-15-18)26-5-1-2-9-34-26;17-12-2-1-10(5-14(12)19)23-15-8(6-20)7-22-16-11(15)3-9(21)4-13(16)18;14-11(9-4-3-6-12-8-9)10-5-1-2-7-13-10/h1-9,11-13,15-16,21H,10H2,(H,35,36);1-5,7H,21H2,(H,22,23);1-8H. The van der Waals surface area contributed by atoms with Crippen LogP contribution in [0.15, 0.2) is 171 Å². The third kappa shape index (κ3) is 12.3. The fraction of sp³-hybridized carbons (Fsp3) is 0.0364. The lowest BCUT2D eigenvalue weighted by molar-refractivity contribution is 0.103. The Morgan fingerprint density at radius 3 is 1.81 bits per heavy atom. The number of hydrogen-bond acceptors (Lipinski definition) is 12. The molecule has 0 spiro atoms. The first-order valence-electron chi connectivity index (χ1n) is 21.8. The molecule has 6 aromatic heterocycles. The van der Waals surface area contributed by atoms with Gasteiger partial charge in [0.2, 0.25) is 5.78 Å². The Balaban J connectivity index is 0.000000163. The molecule has 0 aliphatic carbocycles. The van der Waals surface area contributed by atoms with Crippen LogP contribution in [0.1, 0.15) is 49.9 Å². The summed E-state index contributed by atoms with van der Waals surface area (Å²) in [5.41, 5.74) is 13.7. The van der Waals surface area contributed by atoms with Gasteiger partial charge in [-0.25, -0.2) is 8.78 Å². The van der Waals surface area contributed by atoms with Gasteiger partial charge in [0, 0.05) is 94.6 Å². The highest BCUT2D eigenvalue weighted by molar-refractivity contribution is 6.36. The minimum absolute atomic E-state index is 0.0166. The van der Waals surface area contributed by atoms with Gasteiger partial charge in [-0.15, -0.1) is 0 Å². The van der Waals surface area contributed by atoms with E-state index >= 15 is 0 Å². The Morgan fingerprint density at radius 1 is 0.589 bits per heavy atom. The SMILES string of the molecule is N#Cc1cnc2c(Cl)cc(CC(c3cccnc3)c3ccccn3)cc2c1Nc1ccc(F)c(Cl)c1.N#Cc1cnc2c(Cl)cc(N)cc2c1Nc1ccc(Cl)c(F)c1.O=C(c1cccnc1)c1ccccn1. The van der Waals surface area contributed by atoms with Crippen LogP contribution in [0.2, 0.25) is 20.1 Å². The Bertz CT molecular complexity index is 3620. The number of anilines is 5. The van der Waals surface area contributed by atoms with Gasteiger partial charge in [0.05, 0.1) is 53.6 Å². The maximum atomic E-state index is 13.7. The van der Waals surface area contributed by atoms with Crippen LogP contribution in [0.3, 0.4) is 0 Å². The van der Waals surface area contributed by atoms with Crippen LogP contribution in [0.5, 0.6) is 0 Å². The number of benzene rings is 4. The highest BCUT2D eigenvalue weighted by atomic mass is 35.5. The Hall–Kier alpha value is -8.63. The van der Waals surface area contributed by atoms with E-state index < -0.39 is 11.6 Å². The average molecular weight is 1050 g/mol. The lowest BCUT2D eigenvalue weighted by Gasteiger charge is -2.18. The lowest BCUT2D eigenvalue weighted by Crippen LogP contribution is -2.08. The second-order valence-electron chi connectivity index (χ2n) is 15.8. The van der Waals surface area contributed by atoms with E-state index in [0.29, 0.717) is 83.5 Å². The van der Waals surface area contributed by atoms with Crippen molar-refractivity contribution in [2.45, 2.75) is 12.3 Å². The average Bonchev–Trinajstić information content (AvgIpc) is 3.41. The second-order valence-corrected chi connectivity index (χ2v) is 17.4. The lowest BCUT2D eigenvalue weighted by atomic mass is 9.89. The zero-order chi connectivity index (χ0) is 51.4. The summed E-state index contributed by atoms with van der Waals surface area (Å²) in [4.78, 5) is 37.1. The number of nitrogen functional groups attached to an aromatic ring is 1. The zero-order valence-corrected chi connectivity index (χ0v) is 40.8. The fourth-order valence-corrected chi connectivity index (χ4v) is 8.39. The molecule has 0 aliphatic rings. The number of nitriles is 2. The molecule has 0 fully saturated rings. The number of rotatable bonds is 10. The van der Waals surface area contributed by atoms with E-state index in [-0.39, 0.29) is 27.3 Å². The molecule has 1 atom stereocenters. The minimum atomic E-state index is -0.564. The van der Waals surface area contributed by atoms with Crippen molar-refractivity contribution in [3.8, 4) is 12.1 Å². The summed E-state index contributed by atoms with van der Waals surface area (Å²) in [5, 5.41) is 27.4. The third-order valence-corrected chi connectivity index (χ3v) is 12.1. The first-order valence-corrected chi connectivity index (χ1v) is 23.3. The number of halogens is 6. The summed E-state index contributed by atoms with van der Waals surface area (Å²) in [5.74, 6) is -1.25. The zero-order valence-electron chi connectivity index (χ0n) is 37.8. The molecular weight excluding hydrogens is 1010 g/mol. The van der Waals surface area contributed by atoms with Crippen molar-refractivity contribution in [1.29, 1.82) is 10.5 Å². The van der Waals surface area contributed by atoms with Gasteiger partial charge in [0.1, 0.15) is 29.5 Å². The van der Waals surface area contributed by atoms with Crippen LogP contribution in [-0.2, 0) is 6.42 Å². The second kappa shape index (κ2) is 23.5. The summed E-state index contributed by atoms with van der Waals surface area (Å²) in [6.07, 6.45) is 13.6. The van der Waals surface area contributed by atoms with E-state index in [4.69, 9.17) is 52.1 Å². The van der Waals surface area contributed by atoms with Gasteiger partial charge in [-0.2, -0.15) is 10.5 Å². The van der Waals surface area contributed by atoms with Crippen molar-refractivity contribution in [3.05, 3.63) is 242 Å².